The fourth-order valence-corrected chi connectivity index (χ4v) is 0.746. The summed E-state index contributed by atoms with van der Waals surface area (Å²) in [5, 5.41) is 8.54. The van der Waals surface area contributed by atoms with Gasteiger partial charge in [-0.3, -0.25) is 0 Å². The third-order valence-corrected chi connectivity index (χ3v) is 1.27. The maximum absolute atomic E-state index is 10.4. The van der Waals surface area contributed by atoms with Crippen molar-refractivity contribution in [3.05, 3.63) is 30.1 Å². The summed E-state index contributed by atoms with van der Waals surface area (Å²) in [5.41, 5.74) is 0.294. The predicted molar refractivity (Wildman–Crippen MR) is 41.8 cm³/mol. The minimum absolute atomic E-state index is 0. The van der Waals surface area contributed by atoms with Gasteiger partial charge in [-0.1, -0.05) is 0 Å². The molecule has 0 aliphatic rings. The van der Waals surface area contributed by atoms with E-state index in [2.05, 4.69) is 0 Å². The zero-order chi connectivity index (χ0) is 7.56. The number of carboxylic acid groups (broad SMARTS) is 1. The van der Waals surface area contributed by atoms with Gasteiger partial charge in [0.05, 0.1) is 0 Å². The molecule has 1 N–H and O–H groups in total. The van der Waals surface area contributed by atoms with E-state index in [1.54, 1.807) is 36.0 Å². The van der Waals surface area contributed by atoms with Gasteiger partial charge in [-0.25, -0.2) is 4.79 Å². The maximum atomic E-state index is 10.4. The van der Waals surface area contributed by atoms with E-state index in [4.69, 9.17) is 5.11 Å². The molecule has 0 saturated carbocycles. The van der Waals surface area contributed by atoms with Gasteiger partial charge in [0.15, 0.2) is 6.20 Å². The first kappa shape index (κ1) is 9.91. The fraction of sp³-hybridized carbons (Fsp3) is 0.143. The molecule has 0 unspecified atom stereocenters. The number of aryl methyl sites for hydroxylation is 1. The molecule has 4 heteroatoms. The average molecular weight is 175 g/mol. The summed E-state index contributed by atoms with van der Waals surface area (Å²) < 4.78 is 1.56. The lowest BCUT2D eigenvalue weighted by Crippen LogP contribution is -2.35. The molecule has 1 heterocycles. The van der Waals surface area contributed by atoms with Crippen molar-refractivity contribution in [2.45, 2.75) is 0 Å². The predicted octanol–water partition coefficient (Wildman–Crippen LogP) is 0.631. The van der Waals surface area contributed by atoms with E-state index < -0.39 is 5.97 Å². The van der Waals surface area contributed by atoms with Crippen LogP contribution in [0.5, 0.6) is 0 Å². The van der Waals surface area contributed by atoms with Gasteiger partial charge < -0.3 is 5.11 Å². The molecule has 1 rings (SSSR count). The van der Waals surface area contributed by atoms with Gasteiger partial charge in [-0.2, -0.15) is 4.57 Å². The molecule has 0 radical (unpaired) electrons. The van der Waals surface area contributed by atoms with Crippen LogP contribution in [0.1, 0.15) is 10.5 Å². The number of aromatic nitrogens is 1. The standard InChI is InChI=1S/C7H7NO2.ClH/c1-8-5-3-2-4-6(8)7(9)10;/h2-5H,1H3;1H/p+1. The second kappa shape index (κ2) is 3.93. The number of pyridine rings is 1. The van der Waals surface area contributed by atoms with Crippen molar-refractivity contribution in [3.8, 4) is 0 Å². The Labute approximate surface area is 70.7 Å². The zero-order valence-electron chi connectivity index (χ0n) is 6.02. The summed E-state index contributed by atoms with van der Waals surface area (Å²) in [6.45, 7) is 0. The Morgan fingerprint density at radius 2 is 2.18 bits per heavy atom. The van der Waals surface area contributed by atoms with Crippen molar-refractivity contribution in [1.29, 1.82) is 0 Å². The van der Waals surface area contributed by atoms with Crippen molar-refractivity contribution in [2.75, 3.05) is 0 Å². The summed E-state index contributed by atoms with van der Waals surface area (Å²) in [6.07, 6.45) is 1.70. The number of rotatable bonds is 1. The molecule has 3 nitrogen and oxygen atoms in total. The SMILES string of the molecule is C[n+]1ccccc1C(=O)O.Cl. The monoisotopic (exact) mass is 174 g/mol. The summed E-state index contributed by atoms with van der Waals surface area (Å²) in [6, 6.07) is 5.04. The Kier molecular flexibility index (Phi) is 3.54. The first-order valence-corrected chi connectivity index (χ1v) is 2.90. The van der Waals surface area contributed by atoms with Crippen molar-refractivity contribution in [3.63, 3.8) is 0 Å². The van der Waals surface area contributed by atoms with Crippen LogP contribution in [0, 0.1) is 0 Å². The van der Waals surface area contributed by atoms with Crippen LogP contribution in [0.25, 0.3) is 0 Å². The van der Waals surface area contributed by atoms with Crippen LogP contribution in [-0.2, 0) is 7.05 Å². The number of carbonyl (C=O) groups is 1. The van der Waals surface area contributed by atoms with Gasteiger partial charge in [0.1, 0.15) is 7.05 Å². The van der Waals surface area contributed by atoms with Crippen LogP contribution in [0.3, 0.4) is 0 Å². The van der Waals surface area contributed by atoms with Crippen LogP contribution in [0.15, 0.2) is 24.4 Å². The minimum atomic E-state index is -0.900. The summed E-state index contributed by atoms with van der Waals surface area (Å²) in [5.74, 6) is -0.900. The summed E-state index contributed by atoms with van der Waals surface area (Å²) in [7, 11) is 1.70. The molecule has 0 atom stereocenters. The molecule has 0 spiro atoms. The lowest BCUT2D eigenvalue weighted by Gasteiger charge is -1.90. The highest BCUT2D eigenvalue weighted by atomic mass is 35.5. The smallest absolute Gasteiger partial charge is 0.401 e. The van der Waals surface area contributed by atoms with Gasteiger partial charge in [-0.15, -0.1) is 12.4 Å². The van der Waals surface area contributed by atoms with Crippen LogP contribution < -0.4 is 4.57 Å². The van der Waals surface area contributed by atoms with E-state index in [0.29, 0.717) is 5.69 Å². The molecular formula is C7H9ClNO2+. The molecule has 0 saturated heterocycles. The Bertz CT molecular complexity index is 262. The van der Waals surface area contributed by atoms with E-state index >= 15 is 0 Å². The molecule has 1 aromatic rings. The van der Waals surface area contributed by atoms with Crippen LogP contribution in [0.2, 0.25) is 0 Å². The molecule has 0 aromatic carbocycles. The van der Waals surface area contributed by atoms with Crippen molar-refractivity contribution < 1.29 is 14.5 Å². The second-order valence-corrected chi connectivity index (χ2v) is 2.00. The van der Waals surface area contributed by atoms with E-state index in [-0.39, 0.29) is 12.4 Å². The largest absolute Gasteiger partial charge is 0.473 e. The Morgan fingerprint density at radius 1 is 1.55 bits per heavy atom. The molecule has 11 heavy (non-hydrogen) atoms. The minimum Gasteiger partial charge on any atom is -0.473 e. The second-order valence-electron chi connectivity index (χ2n) is 2.00. The third-order valence-electron chi connectivity index (χ3n) is 1.27. The van der Waals surface area contributed by atoms with E-state index in [9.17, 15) is 4.79 Å². The number of nitrogens with zero attached hydrogens (tertiary/aromatic N) is 1. The Morgan fingerprint density at radius 3 is 2.55 bits per heavy atom. The molecule has 0 bridgehead atoms. The fourth-order valence-electron chi connectivity index (χ4n) is 0.746. The van der Waals surface area contributed by atoms with Crippen molar-refractivity contribution in [2.24, 2.45) is 7.05 Å². The Balaban J connectivity index is 0.000001000. The highest BCUT2D eigenvalue weighted by molar-refractivity contribution is 5.85. The molecule has 0 amide bonds. The molecular weight excluding hydrogens is 166 g/mol. The van der Waals surface area contributed by atoms with Gasteiger partial charge in [0.2, 0.25) is 0 Å². The maximum Gasteiger partial charge on any atom is 0.401 e. The van der Waals surface area contributed by atoms with Crippen LogP contribution in [-0.4, -0.2) is 11.1 Å². The number of halogens is 1. The van der Waals surface area contributed by atoms with Gasteiger partial charge in [0.25, 0.3) is 5.69 Å². The summed E-state index contributed by atoms with van der Waals surface area (Å²) >= 11 is 0. The summed E-state index contributed by atoms with van der Waals surface area (Å²) in [4.78, 5) is 10.4. The quantitative estimate of drug-likeness (QED) is 0.635. The molecule has 1 aromatic heterocycles. The zero-order valence-corrected chi connectivity index (χ0v) is 6.84. The third kappa shape index (κ3) is 2.20. The first-order chi connectivity index (χ1) is 4.72. The Hall–Kier alpha value is -1.09. The van der Waals surface area contributed by atoms with Crippen molar-refractivity contribution >= 4 is 18.4 Å². The molecule has 0 fully saturated rings. The lowest BCUT2D eigenvalue weighted by molar-refractivity contribution is -0.674. The van der Waals surface area contributed by atoms with Gasteiger partial charge in [-0.05, 0) is 6.07 Å². The number of hydrogen-bond donors (Lipinski definition) is 1. The van der Waals surface area contributed by atoms with Crippen LogP contribution >= 0.6 is 12.4 Å². The van der Waals surface area contributed by atoms with Crippen LogP contribution in [0.4, 0.5) is 0 Å². The van der Waals surface area contributed by atoms with Crippen molar-refractivity contribution in [1.82, 2.24) is 0 Å². The number of carboxylic acids is 1. The highest BCUT2D eigenvalue weighted by Gasteiger charge is 2.11. The lowest BCUT2D eigenvalue weighted by atomic mass is 10.3. The van der Waals surface area contributed by atoms with E-state index in [1.807, 2.05) is 0 Å². The molecule has 0 aliphatic heterocycles. The normalized spacial score (nSPS) is 8.45. The highest BCUT2D eigenvalue weighted by Crippen LogP contribution is 1.88. The topological polar surface area (TPSA) is 41.2 Å². The number of aromatic carboxylic acids is 1. The average Bonchev–Trinajstić information content (AvgIpc) is 1.88. The molecule has 60 valence electrons. The van der Waals surface area contributed by atoms with Gasteiger partial charge in [0, 0.05) is 12.1 Å². The van der Waals surface area contributed by atoms with Gasteiger partial charge >= 0.3 is 5.97 Å². The first-order valence-electron chi connectivity index (χ1n) is 2.90. The molecule has 0 aliphatic carbocycles. The number of hydrogen-bond acceptors (Lipinski definition) is 1. The van der Waals surface area contributed by atoms with E-state index in [1.165, 1.54) is 0 Å². The van der Waals surface area contributed by atoms with E-state index in [0.717, 1.165) is 0 Å².